The molecule has 118 valence electrons. The number of hydrogen-bond donors (Lipinski definition) is 1. The van der Waals surface area contributed by atoms with Crippen molar-refractivity contribution >= 4 is 0 Å². The van der Waals surface area contributed by atoms with Gasteiger partial charge in [0.25, 0.3) is 0 Å². The molecule has 0 heterocycles. The smallest absolute Gasteiger partial charge is 0.0667 e. The summed E-state index contributed by atoms with van der Waals surface area (Å²) in [7, 11) is 2.10. The molecule has 2 aromatic rings. The molecule has 0 aliphatic heterocycles. The standard InChI is InChI=1S/C20H27NO/c1-3-4-15-19(22)16-21(2)20(17-11-7-5-8-12-17)18-13-9-6-10-14-18/h5-14,19-20,22H,3-4,15-16H2,1-2H3. The Morgan fingerprint density at radius 3 is 1.86 bits per heavy atom. The van der Waals surface area contributed by atoms with Crippen molar-refractivity contribution in [3.8, 4) is 0 Å². The van der Waals surface area contributed by atoms with Gasteiger partial charge in [0.2, 0.25) is 0 Å². The highest BCUT2D eigenvalue weighted by Crippen LogP contribution is 2.27. The molecular weight excluding hydrogens is 270 g/mol. The van der Waals surface area contributed by atoms with Crippen LogP contribution in [0.2, 0.25) is 0 Å². The van der Waals surface area contributed by atoms with Crippen LogP contribution < -0.4 is 0 Å². The number of unbranched alkanes of at least 4 members (excludes halogenated alkanes) is 1. The van der Waals surface area contributed by atoms with E-state index >= 15 is 0 Å². The molecule has 0 amide bonds. The van der Waals surface area contributed by atoms with Crippen LogP contribution in [0.25, 0.3) is 0 Å². The molecule has 0 aliphatic rings. The maximum Gasteiger partial charge on any atom is 0.0667 e. The Labute approximate surface area is 134 Å². The van der Waals surface area contributed by atoms with E-state index in [4.69, 9.17) is 0 Å². The van der Waals surface area contributed by atoms with Crippen molar-refractivity contribution < 1.29 is 5.11 Å². The maximum atomic E-state index is 10.3. The van der Waals surface area contributed by atoms with Gasteiger partial charge in [-0.15, -0.1) is 0 Å². The van der Waals surface area contributed by atoms with Crippen molar-refractivity contribution in [2.75, 3.05) is 13.6 Å². The first-order chi connectivity index (χ1) is 10.7. The van der Waals surface area contributed by atoms with Gasteiger partial charge < -0.3 is 5.11 Å². The van der Waals surface area contributed by atoms with Crippen LogP contribution in [0.5, 0.6) is 0 Å². The monoisotopic (exact) mass is 297 g/mol. The van der Waals surface area contributed by atoms with Crippen LogP contribution in [0.3, 0.4) is 0 Å². The number of likely N-dealkylation sites (N-methyl/N-ethyl adjacent to an activating group) is 1. The van der Waals surface area contributed by atoms with E-state index in [1.165, 1.54) is 11.1 Å². The van der Waals surface area contributed by atoms with Crippen LogP contribution in [0, 0.1) is 0 Å². The van der Waals surface area contributed by atoms with Gasteiger partial charge >= 0.3 is 0 Å². The van der Waals surface area contributed by atoms with Gasteiger partial charge in [-0.25, -0.2) is 0 Å². The summed E-state index contributed by atoms with van der Waals surface area (Å²) >= 11 is 0. The second kappa shape index (κ2) is 8.72. The third kappa shape index (κ3) is 4.69. The summed E-state index contributed by atoms with van der Waals surface area (Å²) in [5, 5.41) is 10.3. The van der Waals surface area contributed by atoms with Crippen LogP contribution in [-0.4, -0.2) is 29.7 Å². The van der Waals surface area contributed by atoms with Crippen LogP contribution in [0.15, 0.2) is 60.7 Å². The third-order valence-corrected chi connectivity index (χ3v) is 4.06. The molecule has 0 saturated carbocycles. The Morgan fingerprint density at radius 2 is 1.41 bits per heavy atom. The molecule has 0 aliphatic carbocycles. The lowest BCUT2D eigenvalue weighted by Crippen LogP contribution is -2.33. The van der Waals surface area contributed by atoms with Crippen molar-refractivity contribution in [2.45, 2.75) is 38.3 Å². The lowest BCUT2D eigenvalue weighted by Gasteiger charge is -2.30. The van der Waals surface area contributed by atoms with E-state index in [1.54, 1.807) is 0 Å². The van der Waals surface area contributed by atoms with Crippen molar-refractivity contribution in [1.82, 2.24) is 4.90 Å². The van der Waals surface area contributed by atoms with E-state index < -0.39 is 0 Å². The van der Waals surface area contributed by atoms with Crippen molar-refractivity contribution in [2.24, 2.45) is 0 Å². The molecule has 2 aromatic carbocycles. The van der Waals surface area contributed by atoms with Gasteiger partial charge in [0.15, 0.2) is 0 Å². The lowest BCUT2D eigenvalue weighted by molar-refractivity contribution is 0.103. The van der Waals surface area contributed by atoms with E-state index in [0.29, 0.717) is 6.54 Å². The summed E-state index contributed by atoms with van der Waals surface area (Å²) in [5.41, 5.74) is 2.53. The quantitative estimate of drug-likeness (QED) is 0.787. The van der Waals surface area contributed by atoms with Gasteiger partial charge in [-0.3, -0.25) is 4.90 Å². The minimum atomic E-state index is -0.264. The number of aliphatic hydroxyl groups is 1. The van der Waals surface area contributed by atoms with Crippen molar-refractivity contribution in [1.29, 1.82) is 0 Å². The SMILES string of the molecule is CCCCC(O)CN(C)C(c1ccccc1)c1ccccc1. The zero-order chi connectivity index (χ0) is 15.8. The fraction of sp³-hybridized carbons (Fsp3) is 0.400. The van der Waals surface area contributed by atoms with Crippen LogP contribution in [0.4, 0.5) is 0 Å². The van der Waals surface area contributed by atoms with Gasteiger partial charge in [0.05, 0.1) is 12.1 Å². The Morgan fingerprint density at radius 1 is 0.909 bits per heavy atom. The highest BCUT2D eigenvalue weighted by atomic mass is 16.3. The highest BCUT2D eigenvalue weighted by molar-refractivity contribution is 5.31. The zero-order valence-electron chi connectivity index (χ0n) is 13.7. The first-order valence-corrected chi connectivity index (χ1v) is 8.20. The van der Waals surface area contributed by atoms with Crippen LogP contribution in [-0.2, 0) is 0 Å². The second-order valence-electron chi connectivity index (χ2n) is 5.96. The predicted octanol–water partition coefficient (Wildman–Crippen LogP) is 4.26. The average Bonchev–Trinajstić information content (AvgIpc) is 2.55. The summed E-state index contributed by atoms with van der Waals surface area (Å²) in [6.45, 7) is 2.85. The first-order valence-electron chi connectivity index (χ1n) is 8.20. The molecule has 0 spiro atoms. The van der Waals surface area contributed by atoms with Gasteiger partial charge in [-0.1, -0.05) is 80.4 Å². The summed E-state index contributed by atoms with van der Waals surface area (Å²) in [4.78, 5) is 2.25. The van der Waals surface area contributed by atoms with E-state index in [1.807, 2.05) is 12.1 Å². The zero-order valence-corrected chi connectivity index (χ0v) is 13.7. The minimum Gasteiger partial charge on any atom is -0.392 e. The fourth-order valence-electron chi connectivity index (χ4n) is 2.94. The summed E-state index contributed by atoms with van der Waals surface area (Å²) in [5.74, 6) is 0. The lowest BCUT2D eigenvalue weighted by atomic mass is 9.97. The molecular formula is C20H27NO. The minimum absolute atomic E-state index is 0.179. The van der Waals surface area contributed by atoms with E-state index in [-0.39, 0.29) is 12.1 Å². The van der Waals surface area contributed by atoms with E-state index in [9.17, 15) is 5.11 Å². The maximum absolute atomic E-state index is 10.3. The Bertz CT molecular complexity index is 486. The Hall–Kier alpha value is -1.64. The predicted molar refractivity (Wildman–Crippen MR) is 92.9 cm³/mol. The van der Waals surface area contributed by atoms with E-state index in [2.05, 4.69) is 67.4 Å². The van der Waals surface area contributed by atoms with Crippen LogP contribution in [0.1, 0.15) is 43.4 Å². The molecule has 0 radical (unpaired) electrons. The molecule has 1 atom stereocenters. The Balaban J connectivity index is 2.18. The van der Waals surface area contributed by atoms with Gasteiger partial charge in [0.1, 0.15) is 0 Å². The molecule has 0 fully saturated rings. The largest absolute Gasteiger partial charge is 0.392 e. The molecule has 1 N–H and O–H groups in total. The molecule has 1 unspecified atom stereocenters. The third-order valence-electron chi connectivity index (χ3n) is 4.06. The number of benzene rings is 2. The van der Waals surface area contributed by atoms with Crippen molar-refractivity contribution in [3.63, 3.8) is 0 Å². The normalized spacial score (nSPS) is 12.8. The van der Waals surface area contributed by atoms with Gasteiger partial charge in [-0.2, -0.15) is 0 Å². The first kappa shape index (κ1) is 16.7. The van der Waals surface area contributed by atoms with Crippen LogP contribution >= 0.6 is 0 Å². The number of rotatable bonds is 8. The molecule has 0 aromatic heterocycles. The second-order valence-corrected chi connectivity index (χ2v) is 5.96. The summed E-state index contributed by atoms with van der Waals surface area (Å²) in [6.07, 6.45) is 2.81. The molecule has 2 nitrogen and oxygen atoms in total. The summed E-state index contributed by atoms with van der Waals surface area (Å²) < 4.78 is 0. The fourth-order valence-corrected chi connectivity index (χ4v) is 2.94. The van der Waals surface area contributed by atoms with Gasteiger partial charge in [0, 0.05) is 6.54 Å². The highest BCUT2D eigenvalue weighted by Gasteiger charge is 2.20. The molecule has 2 heteroatoms. The number of hydrogen-bond acceptors (Lipinski definition) is 2. The molecule has 0 saturated heterocycles. The molecule has 2 rings (SSSR count). The molecule has 22 heavy (non-hydrogen) atoms. The molecule has 0 bridgehead atoms. The summed E-state index contributed by atoms with van der Waals surface area (Å²) in [6, 6.07) is 21.2. The van der Waals surface area contributed by atoms with Gasteiger partial charge in [-0.05, 0) is 24.6 Å². The Kier molecular flexibility index (Phi) is 6.63. The topological polar surface area (TPSA) is 23.5 Å². The van der Waals surface area contributed by atoms with E-state index in [0.717, 1.165) is 19.3 Å². The number of aliphatic hydroxyl groups excluding tert-OH is 1. The average molecular weight is 297 g/mol. The number of nitrogens with zero attached hydrogens (tertiary/aromatic N) is 1. The van der Waals surface area contributed by atoms with Crippen molar-refractivity contribution in [3.05, 3.63) is 71.8 Å².